The van der Waals surface area contributed by atoms with Gasteiger partial charge in [-0.2, -0.15) is 10.1 Å². The topological polar surface area (TPSA) is 92.8 Å². The van der Waals surface area contributed by atoms with Gasteiger partial charge in [-0.25, -0.2) is 10.1 Å². The predicted molar refractivity (Wildman–Crippen MR) is 82.0 cm³/mol. The number of nitrogens with zero attached hydrogens (tertiary/aromatic N) is 3. The van der Waals surface area contributed by atoms with Crippen LogP contribution in [0.4, 0.5) is 5.95 Å². The second-order valence-electron chi connectivity index (χ2n) is 4.46. The fourth-order valence-corrected chi connectivity index (χ4v) is 2.40. The van der Waals surface area contributed by atoms with E-state index in [1.807, 2.05) is 12.3 Å². The summed E-state index contributed by atoms with van der Waals surface area (Å²) in [7, 11) is 0. The molecule has 112 valence electrons. The monoisotopic (exact) mass is 315 g/mol. The molecule has 0 saturated carbocycles. The minimum atomic E-state index is -0.285. The van der Waals surface area contributed by atoms with Crippen LogP contribution in [0.5, 0.6) is 5.75 Å². The zero-order valence-corrected chi connectivity index (χ0v) is 12.6. The van der Waals surface area contributed by atoms with E-state index < -0.39 is 0 Å². The Kier molecular flexibility index (Phi) is 4.10. The number of carbonyl (C=O) groups is 1. The van der Waals surface area contributed by atoms with Crippen LogP contribution in [0.3, 0.4) is 0 Å². The van der Waals surface area contributed by atoms with Gasteiger partial charge in [0, 0.05) is 10.9 Å². The SMILES string of the molecule is Cc1nc(COc2cccc(C(=O)Nc3ncn[nH]3)c2)cs1. The molecule has 3 aromatic rings. The van der Waals surface area contributed by atoms with Crippen molar-refractivity contribution in [1.29, 1.82) is 0 Å². The van der Waals surface area contributed by atoms with E-state index >= 15 is 0 Å². The van der Waals surface area contributed by atoms with Crippen LogP contribution in [0.15, 0.2) is 36.0 Å². The number of H-pyrrole nitrogens is 1. The number of anilines is 1. The Hall–Kier alpha value is -2.74. The van der Waals surface area contributed by atoms with Crippen LogP contribution in [0.25, 0.3) is 0 Å². The number of hydrogen-bond acceptors (Lipinski definition) is 6. The van der Waals surface area contributed by atoms with Gasteiger partial charge in [0.1, 0.15) is 18.7 Å². The van der Waals surface area contributed by atoms with Crippen molar-refractivity contribution in [2.24, 2.45) is 0 Å². The van der Waals surface area contributed by atoms with Gasteiger partial charge < -0.3 is 4.74 Å². The molecule has 1 aromatic carbocycles. The molecule has 2 heterocycles. The van der Waals surface area contributed by atoms with E-state index in [2.05, 4.69) is 25.5 Å². The number of aromatic amines is 1. The van der Waals surface area contributed by atoms with Crippen molar-refractivity contribution < 1.29 is 9.53 Å². The lowest BCUT2D eigenvalue weighted by Crippen LogP contribution is -2.13. The van der Waals surface area contributed by atoms with Crippen LogP contribution in [0.1, 0.15) is 21.1 Å². The Labute approximate surface area is 130 Å². The number of rotatable bonds is 5. The molecule has 0 spiro atoms. The third kappa shape index (κ3) is 3.47. The van der Waals surface area contributed by atoms with Gasteiger partial charge in [0.05, 0.1) is 10.7 Å². The van der Waals surface area contributed by atoms with Crippen molar-refractivity contribution in [3.63, 3.8) is 0 Å². The minimum Gasteiger partial charge on any atom is -0.487 e. The van der Waals surface area contributed by atoms with Crippen LogP contribution in [-0.2, 0) is 6.61 Å². The average molecular weight is 315 g/mol. The van der Waals surface area contributed by atoms with E-state index in [1.165, 1.54) is 6.33 Å². The van der Waals surface area contributed by atoms with E-state index in [9.17, 15) is 4.79 Å². The van der Waals surface area contributed by atoms with Gasteiger partial charge >= 0.3 is 0 Å². The zero-order chi connectivity index (χ0) is 15.4. The number of nitrogens with one attached hydrogen (secondary N) is 2. The lowest BCUT2D eigenvalue weighted by atomic mass is 10.2. The molecule has 2 aromatic heterocycles. The Morgan fingerprint density at radius 1 is 1.45 bits per heavy atom. The molecule has 22 heavy (non-hydrogen) atoms. The second kappa shape index (κ2) is 6.35. The van der Waals surface area contributed by atoms with Crippen molar-refractivity contribution >= 4 is 23.2 Å². The highest BCUT2D eigenvalue weighted by molar-refractivity contribution is 7.09. The van der Waals surface area contributed by atoms with Gasteiger partial charge in [0.15, 0.2) is 0 Å². The van der Waals surface area contributed by atoms with Gasteiger partial charge in [0.2, 0.25) is 5.95 Å². The number of amides is 1. The molecule has 7 nitrogen and oxygen atoms in total. The smallest absolute Gasteiger partial charge is 0.258 e. The molecule has 0 atom stereocenters. The van der Waals surface area contributed by atoms with E-state index in [0.717, 1.165) is 10.7 Å². The summed E-state index contributed by atoms with van der Waals surface area (Å²) >= 11 is 1.58. The highest BCUT2D eigenvalue weighted by atomic mass is 32.1. The van der Waals surface area contributed by atoms with E-state index in [-0.39, 0.29) is 5.91 Å². The van der Waals surface area contributed by atoms with Gasteiger partial charge in [-0.05, 0) is 25.1 Å². The van der Waals surface area contributed by atoms with Gasteiger partial charge in [0.25, 0.3) is 5.91 Å². The molecule has 0 unspecified atom stereocenters. The number of hydrogen-bond donors (Lipinski definition) is 2. The summed E-state index contributed by atoms with van der Waals surface area (Å²) < 4.78 is 5.66. The lowest BCUT2D eigenvalue weighted by molar-refractivity contribution is 0.102. The summed E-state index contributed by atoms with van der Waals surface area (Å²) in [5.74, 6) is 0.622. The van der Waals surface area contributed by atoms with Gasteiger partial charge in [-0.1, -0.05) is 6.07 Å². The molecule has 0 radical (unpaired) electrons. The Morgan fingerprint density at radius 2 is 2.36 bits per heavy atom. The highest BCUT2D eigenvalue weighted by Gasteiger charge is 2.09. The van der Waals surface area contributed by atoms with Crippen molar-refractivity contribution in [2.75, 3.05) is 5.32 Å². The average Bonchev–Trinajstić information content (AvgIpc) is 3.17. The van der Waals surface area contributed by atoms with Crippen molar-refractivity contribution in [3.8, 4) is 5.75 Å². The van der Waals surface area contributed by atoms with E-state index in [4.69, 9.17) is 4.74 Å². The molecule has 0 aliphatic carbocycles. The summed E-state index contributed by atoms with van der Waals surface area (Å²) in [5.41, 5.74) is 1.35. The number of benzene rings is 1. The Balaban J connectivity index is 1.65. The summed E-state index contributed by atoms with van der Waals surface area (Å²) in [6.45, 7) is 2.32. The number of ether oxygens (including phenoxy) is 1. The standard InChI is InChI=1S/C14H13N5O2S/c1-9-17-11(7-22-9)6-21-12-4-2-3-10(5-12)13(20)18-14-15-8-16-19-14/h2-5,7-8H,6H2,1H3,(H2,15,16,18,19,20). The Bertz CT molecular complexity index is 769. The van der Waals surface area contributed by atoms with Gasteiger partial charge in [-0.3, -0.25) is 10.1 Å². The van der Waals surface area contributed by atoms with E-state index in [1.54, 1.807) is 35.6 Å². The first-order valence-corrected chi connectivity index (χ1v) is 7.39. The van der Waals surface area contributed by atoms with Crippen LogP contribution >= 0.6 is 11.3 Å². The first-order chi connectivity index (χ1) is 10.7. The minimum absolute atomic E-state index is 0.285. The summed E-state index contributed by atoms with van der Waals surface area (Å²) in [6.07, 6.45) is 1.32. The van der Waals surface area contributed by atoms with Crippen molar-refractivity contribution in [3.05, 3.63) is 52.2 Å². The maximum atomic E-state index is 12.1. The maximum Gasteiger partial charge on any atom is 0.258 e. The van der Waals surface area contributed by atoms with Crippen LogP contribution in [0.2, 0.25) is 0 Å². The molecular weight excluding hydrogens is 302 g/mol. The zero-order valence-electron chi connectivity index (χ0n) is 11.7. The van der Waals surface area contributed by atoms with E-state index in [0.29, 0.717) is 23.9 Å². The first-order valence-electron chi connectivity index (χ1n) is 6.51. The fourth-order valence-electron chi connectivity index (χ4n) is 1.80. The first kappa shape index (κ1) is 14.2. The predicted octanol–water partition coefficient (Wildman–Crippen LogP) is 2.40. The van der Waals surface area contributed by atoms with Gasteiger partial charge in [-0.15, -0.1) is 11.3 Å². The molecule has 0 bridgehead atoms. The summed E-state index contributed by atoms with van der Waals surface area (Å²) in [5, 5.41) is 11.8. The molecule has 0 saturated heterocycles. The third-order valence-corrected chi connectivity index (χ3v) is 3.62. The molecule has 0 aliphatic rings. The van der Waals surface area contributed by atoms with Crippen LogP contribution < -0.4 is 10.1 Å². The van der Waals surface area contributed by atoms with Crippen LogP contribution in [0, 0.1) is 6.92 Å². The van der Waals surface area contributed by atoms with Crippen molar-refractivity contribution in [2.45, 2.75) is 13.5 Å². The fraction of sp³-hybridized carbons (Fsp3) is 0.143. The number of thiazole rings is 1. The Morgan fingerprint density at radius 3 is 3.09 bits per heavy atom. The number of aromatic nitrogens is 4. The molecule has 0 aliphatic heterocycles. The summed E-state index contributed by atoms with van der Waals surface area (Å²) in [4.78, 5) is 20.3. The van der Waals surface area contributed by atoms with Crippen molar-refractivity contribution in [1.82, 2.24) is 20.2 Å². The third-order valence-electron chi connectivity index (χ3n) is 2.80. The maximum absolute atomic E-state index is 12.1. The lowest BCUT2D eigenvalue weighted by Gasteiger charge is -2.06. The molecular formula is C14H13N5O2S. The number of carbonyl (C=O) groups excluding carboxylic acids is 1. The second-order valence-corrected chi connectivity index (χ2v) is 5.52. The molecule has 3 rings (SSSR count). The molecule has 1 amide bonds. The molecule has 8 heteroatoms. The quantitative estimate of drug-likeness (QED) is 0.754. The largest absolute Gasteiger partial charge is 0.487 e. The molecule has 0 fully saturated rings. The number of aryl methyl sites for hydroxylation is 1. The highest BCUT2D eigenvalue weighted by Crippen LogP contribution is 2.17. The summed E-state index contributed by atoms with van der Waals surface area (Å²) in [6, 6.07) is 6.93. The normalized spacial score (nSPS) is 10.4. The van der Waals surface area contributed by atoms with Crippen LogP contribution in [-0.4, -0.2) is 26.1 Å². The molecule has 2 N–H and O–H groups in total.